The second-order valence-corrected chi connectivity index (χ2v) is 7.00. The van der Waals surface area contributed by atoms with Crippen molar-refractivity contribution in [1.82, 2.24) is 4.72 Å². The summed E-state index contributed by atoms with van der Waals surface area (Å²) in [5, 5.41) is 3.04. The molecule has 0 amide bonds. The fraction of sp³-hybridized carbons (Fsp3) is 0.600. The van der Waals surface area contributed by atoms with Crippen LogP contribution in [0.4, 0.5) is 5.69 Å². The van der Waals surface area contributed by atoms with E-state index in [1.54, 1.807) is 0 Å². The van der Waals surface area contributed by atoms with Crippen LogP contribution in [0.2, 0.25) is 0 Å². The lowest BCUT2D eigenvalue weighted by Crippen LogP contribution is -2.33. The van der Waals surface area contributed by atoms with Crippen molar-refractivity contribution in [1.29, 1.82) is 0 Å². The van der Waals surface area contributed by atoms with E-state index in [-0.39, 0.29) is 6.04 Å². The van der Waals surface area contributed by atoms with Crippen LogP contribution in [-0.4, -0.2) is 21.5 Å². The fourth-order valence-corrected chi connectivity index (χ4v) is 4.14. The van der Waals surface area contributed by atoms with Crippen LogP contribution in [0.5, 0.6) is 0 Å². The van der Waals surface area contributed by atoms with Crippen molar-refractivity contribution < 1.29 is 8.42 Å². The molecule has 0 spiro atoms. The number of hydrogen-bond acceptors (Lipinski definition) is 3. The first-order chi connectivity index (χ1) is 9.31. The molecule has 0 aliphatic heterocycles. The van der Waals surface area contributed by atoms with Gasteiger partial charge in [0.1, 0.15) is 0 Å². The molecule has 1 aromatic rings. The Labute approximate surface area is 123 Å². The van der Waals surface area contributed by atoms with Gasteiger partial charge in [0, 0.05) is 18.8 Å². The van der Waals surface area contributed by atoms with Gasteiger partial charge in [-0.1, -0.05) is 19.8 Å². The maximum Gasteiger partial charge on any atom is 0.241 e. The van der Waals surface area contributed by atoms with Crippen molar-refractivity contribution in [3.8, 4) is 0 Å². The van der Waals surface area contributed by atoms with Crippen molar-refractivity contribution >= 4 is 15.7 Å². The predicted molar refractivity (Wildman–Crippen MR) is 84.8 cm³/mol. The standard InChI is InChI=1S/C15H26N2O2S/c1-6-7-8-13(4)17-20(18,19)15-11(2)9-14(16-5)10-12(15)3/h9-10,13,16-17H,6-8H2,1-5H3. The zero-order valence-corrected chi connectivity index (χ0v) is 13.9. The summed E-state index contributed by atoms with van der Waals surface area (Å²) >= 11 is 0. The largest absolute Gasteiger partial charge is 0.388 e. The molecule has 0 radical (unpaired) electrons. The molecule has 1 rings (SSSR count). The van der Waals surface area contributed by atoms with Crippen molar-refractivity contribution in [2.24, 2.45) is 0 Å². The summed E-state index contributed by atoms with van der Waals surface area (Å²) in [6.45, 7) is 7.68. The van der Waals surface area contributed by atoms with Crippen LogP contribution in [0.3, 0.4) is 0 Å². The highest BCUT2D eigenvalue weighted by Gasteiger charge is 2.22. The molecule has 0 saturated heterocycles. The van der Waals surface area contributed by atoms with Gasteiger partial charge >= 0.3 is 0 Å². The van der Waals surface area contributed by atoms with Gasteiger partial charge < -0.3 is 5.32 Å². The molecule has 0 fully saturated rings. The molecule has 0 bridgehead atoms. The first-order valence-electron chi connectivity index (χ1n) is 7.13. The van der Waals surface area contributed by atoms with Crippen molar-refractivity contribution in [2.45, 2.75) is 57.9 Å². The van der Waals surface area contributed by atoms with E-state index in [4.69, 9.17) is 0 Å². The Kier molecular flexibility index (Phi) is 6.02. The van der Waals surface area contributed by atoms with Crippen LogP contribution < -0.4 is 10.0 Å². The van der Waals surface area contributed by atoms with E-state index in [0.717, 1.165) is 36.1 Å². The normalized spacial score (nSPS) is 13.2. The molecule has 4 nitrogen and oxygen atoms in total. The first-order valence-corrected chi connectivity index (χ1v) is 8.61. The zero-order valence-electron chi connectivity index (χ0n) is 13.1. The fourth-order valence-electron chi connectivity index (χ4n) is 2.41. The average Bonchev–Trinajstić information content (AvgIpc) is 2.34. The van der Waals surface area contributed by atoms with Crippen LogP contribution in [-0.2, 0) is 10.0 Å². The number of sulfonamides is 1. The van der Waals surface area contributed by atoms with Gasteiger partial charge in [-0.25, -0.2) is 13.1 Å². The topological polar surface area (TPSA) is 58.2 Å². The van der Waals surface area contributed by atoms with E-state index < -0.39 is 10.0 Å². The van der Waals surface area contributed by atoms with Gasteiger partial charge in [0.2, 0.25) is 10.0 Å². The van der Waals surface area contributed by atoms with Crippen LogP contribution in [0, 0.1) is 13.8 Å². The minimum Gasteiger partial charge on any atom is -0.388 e. The van der Waals surface area contributed by atoms with E-state index in [1.807, 2.05) is 40.0 Å². The molecule has 0 aliphatic rings. The van der Waals surface area contributed by atoms with Gasteiger partial charge in [-0.3, -0.25) is 0 Å². The van der Waals surface area contributed by atoms with E-state index in [0.29, 0.717) is 4.90 Å². The maximum absolute atomic E-state index is 12.5. The molecular weight excluding hydrogens is 272 g/mol. The lowest BCUT2D eigenvalue weighted by Gasteiger charge is -2.17. The third kappa shape index (κ3) is 4.21. The molecule has 20 heavy (non-hydrogen) atoms. The Hall–Kier alpha value is -1.07. The smallest absolute Gasteiger partial charge is 0.241 e. The number of rotatable bonds is 7. The number of anilines is 1. The van der Waals surface area contributed by atoms with Gasteiger partial charge in [-0.2, -0.15) is 0 Å². The molecule has 5 heteroatoms. The molecule has 0 heterocycles. The van der Waals surface area contributed by atoms with E-state index in [2.05, 4.69) is 17.0 Å². The van der Waals surface area contributed by atoms with E-state index in [1.165, 1.54) is 0 Å². The molecule has 0 saturated carbocycles. The zero-order chi connectivity index (χ0) is 15.3. The maximum atomic E-state index is 12.5. The Morgan fingerprint density at radius 1 is 1.20 bits per heavy atom. The van der Waals surface area contributed by atoms with Gasteiger partial charge in [0.25, 0.3) is 0 Å². The molecular formula is C15H26N2O2S. The summed E-state index contributed by atoms with van der Waals surface area (Å²) in [6.07, 6.45) is 2.96. The monoisotopic (exact) mass is 298 g/mol. The minimum absolute atomic E-state index is 0.0391. The lowest BCUT2D eigenvalue weighted by atomic mass is 10.1. The van der Waals surface area contributed by atoms with Crippen LogP contribution in [0.15, 0.2) is 17.0 Å². The van der Waals surface area contributed by atoms with Crippen LogP contribution in [0.25, 0.3) is 0 Å². The van der Waals surface area contributed by atoms with Gasteiger partial charge in [0.15, 0.2) is 0 Å². The lowest BCUT2D eigenvalue weighted by molar-refractivity contribution is 0.533. The van der Waals surface area contributed by atoms with Crippen molar-refractivity contribution in [3.05, 3.63) is 23.3 Å². The third-order valence-electron chi connectivity index (χ3n) is 3.36. The van der Waals surface area contributed by atoms with Gasteiger partial charge in [0.05, 0.1) is 4.90 Å². The van der Waals surface area contributed by atoms with Crippen molar-refractivity contribution in [2.75, 3.05) is 12.4 Å². The van der Waals surface area contributed by atoms with E-state index in [9.17, 15) is 8.42 Å². The first kappa shape index (κ1) is 17.0. The van der Waals surface area contributed by atoms with Crippen LogP contribution in [0.1, 0.15) is 44.2 Å². The highest BCUT2D eigenvalue weighted by atomic mass is 32.2. The number of benzene rings is 1. The Morgan fingerprint density at radius 2 is 1.75 bits per heavy atom. The highest BCUT2D eigenvalue weighted by Crippen LogP contribution is 2.24. The van der Waals surface area contributed by atoms with Gasteiger partial charge in [-0.15, -0.1) is 0 Å². The Bertz CT molecular complexity index is 530. The van der Waals surface area contributed by atoms with Gasteiger partial charge in [-0.05, 0) is 50.5 Å². The average molecular weight is 298 g/mol. The summed E-state index contributed by atoms with van der Waals surface area (Å²) in [5.74, 6) is 0. The quantitative estimate of drug-likeness (QED) is 0.812. The molecule has 0 aliphatic carbocycles. The second-order valence-electron chi connectivity index (χ2n) is 5.35. The van der Waals surface area contributed by atoms with Crippen molar-refractivity contribution in [3.63, 3.8) is 0 Å². The molecule has 1 atom stereocenters. The number of nitrogens with one attached hydrogen (secondary N) is 2. The predicted octanol–water partition coefficient (Wildman–Crippen LogP) is 3.20. The number of hydrogen-bond donors (Lipinski definition) is 2. The summed E-state index contributed by atoms with van der Waals surface area (Å²) in [6, 6.07) is 3.68. The molecule has 2 N–H and O–H groups in total. The third-order valence-corrected chi connectivity index (χ3v) is 5.26. The molecule has 0 aromatic heterocycles. The SMILES string of the molecule is CCCCC(C)NS(=O)(=O)c1c(C)cc(NC)cc1C. The Morgan fingerprint density at radius 3 is 2.20 bits per heavy atom. The molecule has 1 unspecified atom stereocenters. The molecule has 1 aromatic carbocycles. The minimum atomic E-state index is -3.45. The van der Waals surface area contributed by atoms with Crippen LogP contribution >= 0.6 is 0 Å². The summed E-state index contributed by atoms with van der Waals surface area (Å²) in [5.41, 5.74) is 2.46. The number of unbranched alkanes of at least 4 members (excludes halogenated alkanes) is 1. The highest BCUT2D eigenvalue weighted by molar-refractivity contribution is 7.89. The summed E-state index contributed by atoms with van der Waals surface area (Å²) < 4.78 is 27.8. The Balaban J connectivity index is 3.04. The summed E-state index contributed by atoms with van der Waals surface area (Å²) in [4.78, 5) is 0.403. The molecule has 114 valence electrons. The van der Waals surface area contributed by atoms with E-state index >= 15 is 0 Å². The second kappa shape index (κ2) is 7.09. The summed E-state index contributed by atoms with van der Waals surface area (Å²) in [7, 11) is -1.63. The number of aryl methyl sites for hydroxylation is 2.